The zero-order valence-electron chi connectivity index (χ0n) is 12.4. The number of ether oxygens (including phenoxy) is 3. The molecule has 0 aromatic rings. The molecule has 0 aromatic carbocycles. The first kappa shape index (κ1) is 15.5. The van der Waals surface area contributed by atoms with Gasteiger partial charge in [0.1, 0.15) is 6.10 Å². The van der Waals surface area contributed by atoms with Crippen LogP contribution in [0.5, 0.6) is 0 Å². The first-order valence-electron chi connectivity index (χ1n) is 6.92. The Balaban J connectivity index is 2.28. The van der Waals surface area contributed by atoms with E-state index in [-0.39, 0.29) is 17.6 Å². The van der Waals surface area contributed by atoms with Crippen LogP contribution in [-0.2, 0) is 14.2 Å². The lowest BCUT2D eigenvalue weighted by atomic mass is 9.53. The highest BCUT2D eigenvalue weighted by Crippen LogP contribution is 2.61. The van der Waals surface area contributed by atoms with E-state index in [1.54, 1.807) is 7.11 Å². The maximum Gasteiger partial charge on any atom is 0.163 e. The molecule has 5 atom stereocenters. The molecule has 2 fully saturated rings. The zero-order chi connectivity index (χ0) is 14.5. The smallest absolute Gasteiger partial charge is 0.163 e. The van der Waals surface area contributed by atoms with Gasteiger partial charge in [0.05, 0.1) is 23.7 Å². The first-order chi connectivity index (χ1) is 8.70. The van der Waals surface area contributed by atoms with Crippen molar-refractivity contribution in [3.05, 3.63) is 0 Å². The molecule has 1 N–H and O–H groups in total. The van der Waals surface area contributed by atoms with Gasteiger partial charge in [-0.15, -0.1) is 11.6 Å². The van der Waals surface area contributed by atoms with Crippen molar-refractivity contribution < 1.29 is 19.3 Å². The van der Waals surface area contributed by atoms with Gasteiger partial charge in [0.2, 0.25) is 0 Å². The Morgan fingerprint density at radius 3 is 2.37 bits per heavy atom. The van der Waals surface area contributed by atoms with Gasteiger partial charge in [-0.1, -0.05) is 6.92 Å². The van der Waals surface area contributed by atoms with Crippen molar-refractivity contribution in [1.82, 2.24) is 0 Å². The predicted molar refractivity (Wildman–Crippen MR) is 73.3 cm³/mol. The molecule has 0 aromatic heterocycles. The molecule has 2 unspecified atom stereocenters. The maximum absolute atomic E-state index is 9.99. The molecule has 5 heteroatoms. The molecule has 112 valence electrons. The Morgan fingerprint density at radius 2 is 1.95 bits per heavy atom. The third-order valence-corrected chi connectivity index (χ3v) is 5.48. The van der Waals surface area contributed by atoms with Gasteiger partial charge in [-0.05, 0) is 33.6 Å². The molecule has 0 bridgehead atoms. The number of hydrogen-bond acceptors (Lipinski definition) is 4. The number of aliphatic hydroxyl groups is 1. The van der Waals surface area contributed by atoms with Crippen molar-refractivity contribution >= 4 is 11.6 Å². The lowest BCUT2D eigenvalue weighted by Crippen LogP contribution is -2.68. The second kappa shape index (κ2) is 4.85. The molecule has 1 aliphatic carbocycles. The van der Waals surface area contributed by atoms with Crippen LogP contribution in [0.3, 0.4) is 0 Å². The summed E-state index contributed by atoms with van der Waals surface area (Å²) in [6.07, 6.45) is 0.691. The molecule has 0 spiro atoms. The molecule has 0 amide bonds. The summed E-state index contributed by atoms with van der Waals surface area (Å²) in [6, 6.07) is 0. The Morgan fingerprint density at radius 1 is 1.32 bits per heavy atom. The largest absolute Gasteiger partial charge is 0.391 e. The van der Waals surface area contributed by atoms with E-state index in [1.807, 2.05) is 20.8 Å². The van der Waals surface area contributed by atoms with Crippen molar-refractivity contribution in [3.63, 3.8) is 0 Å². The number of halogens is 1. The number of hydrogen-bond donors (Lipinski definition) is 1. The Labute approximate surface area is 120 Å². The molecule has 2 rings (SSSR count). The van der Waals surface area contributed by atoms with E-state index >= 15 is 0 Å². The predicted octanol–water partition coefficient (Wildman–Crippen LogP) is 2.31. The number of methoxy groups -OCH3 is 1. The molecular weight excluding hydrogens is 268 g/mol. The second-order valence-electron chi connectivity index (χ2n) is 6.36. The monoisotopic (exact) mass is 292 g/mol. The SMILES string of the molecule is CC[C@]1(C2OC(C)(C)O[C@@H]2COC)CC(O)[C@@]1(C)Cl. The quantitative estimate of drug-likeness (QED) is 0.808. The average Bonchev–Trinajstić information content (AvgIpc) is 2.61. The third kappa shape index (κ3) is 2.22. The average molecular weight is 293 g/mol. The van der Waals surface area contributed by atoms with Crippen LogP contribution in [0.4, 0.5) is 0 Å². The van der Waals surface area contributed by atoms with Crippen LogP contribution in [0.1, 0.15) is 40.5 Å². The maximum atomic E-state index is 9.99. The summed E-state index contributed by atoms with van der Waals surface area (Å²) in [4.78, 5) is -0.678. The second-order valence-corrected chi connectivity index (χ2v) is 7.14. The standard InChI is InChI=1S/C14H25ClO4/c1-6-14(7-10(16)13(14,4)15)11-9(8-17-5)18-12(2,3)19-11/h9-11,16H,6-8H2,1-5H3/t9-,10?,11?,13-,14-/m1/s1. The molecule has 1 saturated heterocycles. The minimum Gasteiger partial charge on any atom is -0.391 e. The highest BCUT2D eigenvalue weighted by atomic mass is 35.5. The van der Waals surface area contributed by atoms with Crippen LogP contribution in [0.25, 0.3) is 0 Å². The van der Waals surface area contributed by atoms with Crippen molar-refractivity contribution in [3.8, 4) is 0 Å². The molecular formula is C14H25ClO4. The summed E-state index contributed by atoms with van der Waals surface area (Å²) in [5.74, 6) is -0.635. The molecule has 1 aliphatic heterocycles. The lowest BCUT2D eigenvalue weighted by molar-refractivity contribution is -0.192. The van der Waals surface area contributed by atoms with Gasteiger partial charge in [-0.3, -0.25) is 0 Å². The number of alkyl halides is 1. The van der Waals surface area contributed by atoms with E-state index in [9.17, 15) is 5.11 Å². The molecule has 1 saturated carbocycles. The van der Waals surface area contributed by atoms with Gasteiger partial charge < -0.3 is 19.3 Å². The lowest BCUT2D eigenvalue weighted by Gasteiger charge is -2.60. The fourth-order valence-corrected chi connectivity index (χ4v) is 4.01. The summed E-state index contributed by atoms with van der Waals surface area (Å²) in [5.41, 5.74) is -0.273. The van der Waals surface area contributed by atoms with Crippen LogP contribution in [0.15, 0.2) is 0 Å². The van der Waals surface area contributed by atoms with Crippen molar-refractivity contribution in [2.45, 2.75) is 69.5 Å². The van der Waals surface area contributed by atoms with E-state index in [1.165, 1.54) is 0 Å². The summed E-state index contributed by atoms with van der Waals surface area (Å²) >= 11 is 6.59. The molecule has 2 aliphatic rings. The minimum absolute atomic E-state index is 0.148. The van der Waals surface area contributed by atoms with Crippen LogP contribution in [0.2, 0.25) is 0 Å². The van der Waals surface area contributed by atoms with Gasteiger partial charge in [0.25, 0.3) is 0 Å². The van der Waals surface area contributed by atoms with E-state index in [0.717, 1.165) is 6.42 Å². The summed E-state index contributed by atoms with van der Waals surface area (Å²) in [5, 5.41) is 9.99. The van der Waals surface area contributed by atoms with Crippen molar-refractivity contribution in [2.24, 2.45) is 5.41 Å². The summed E-state index contributed by atoms with van der Waals surface area (Å²) in [7, 11) is 1.65. The molecule has 19 heavy (non-hydrogen) atoms. The fourth-order valence-electron chi connectivity index (χ4n) is 3.61. The summed E-state index contributed by atoms with van der Waals surface area (Å²) < 4.78 is 17.3. The van der Waals surface area contributed by atoms with Crippen molar-refractivity contribution in [2.75, 3.05) is 13.7 Å². The summed E-state index contributed by atoms with van der Waals surface area (Å²) in [6.45, 7) is 8.26. The fraction of sp³-hybridized carbons (Fsp3) is 1.00. The van der Waals surface area contributed by atoms with E-state index in [4.69, 9.17) is 25.8 Å². The van der Waals surface area contributed by atoms with Crippen LogP contribution < -0.4 is 0 Å². The van der Waals surface area contributed by atoms with Crippen LogP contribution in [0, 0.1) is 5.41 Å². The molecule has 4 nitrogen and oxygen atoms in total. The van der Waals surface area contributed by atoms with Crippen molar-refractivity contribution in [1.29, 1.82) is 0 Å². The third-order valence-electron chi connectivity index (χ3n) is 4.85. The Hall–Kier alpha value is 0.130. The van der Waals surface area contributed by atoms with Gasteiger partial charge >= 0.3 is 0 Å². The van der Waals surface area contributed by atoms with E-state index in [0.29, 0.717) is 13.0 Å². The Bertz CT molecular complexity index is 344. The number of aliphatic hydroxyl groups excluding tert-OH is 1. The molecule has 0 radical (unpaired) electrons. The van der Waals surface area contributed by atoms with E-state index in [2.05, 4.69) is 6.92 Å². The minimum atomic E-state index is -0.678. The zero-order valence-corrected chi connectivity index (χ0v) is 13.2. The highest BCUT2D eigenvalue weighted by molar-refractivity contribution is 6.25. The van der Waals surface area contributed by atoms with Gasteiger partial charge in [0.15, 0.2) is 5.79 Å². The highest BCUT2D eigenvalue weighted by Gasteiger charge is 2.68. The molecule has 1 heterocycles. The normalized spacial score (nSPS) is 49.1. The van der Waals surface area contributed by atoms with E-state index < -0.39 is 16.8 Å². The van der Waals surface area contributed by atoms with Gasteiger partial charge in [0, 0.05) is 12.5 Å². The van der Waals surface area contributed by atoms with Gasteiger partial charge in [-0.2, -0.15) is 0 Å². The first-order valence-corrected chi connectivity index (χ1v) is 7.29. The van der Waals surface area contributed by atoms with Crippen LogP contribution in [-0.4, -0.2) is 47.8 Å². The van der Waals surface area contributed by atoms with Crippen LogP contribution >= 0.6 is 11.6 Å². The van der Waals surface area contributed by atoms with Gasteiger partial charge in [-0.25, -0.2) is 0 Å². The topological polar surface area (TPSA) is 47.9 Å². The Kier molecular flexibility index (Phi) is 3.96. The number of rotatable bonds is 4.